The largest absolute Gasteiger partial charge is 0.465 e. The number of nitrogen functional groups attached to an aromatic ring is 1. The quantitative estimate of drug-likeness (QED) is 0.797. The van der Waals surface area contributed by atoms with Gasteiger partial charge in [0, 0.05) is 13.1 Å². The van der Waals surface area contributed by atoms with Crippen LogP contribution >= 0.6 is 11.3 Å². The van der Waals surface area contributed by atoms with Crippen molar-refractivity contribution in [3.8, 4) is 0 Å². The zero-order valence-corrected chi connectivity index (χ0v) is 12.9. The maximum atomic E-state index is 12.0. The number of nitrogens with two attached hydrogens (primary N) is 2. The maximum absolute atomic E-state index is 12.0. The molecule has 8 heteroatoms. The Kier molecular flexibility index (Phi) is 4.69. The smallest absolute Gasteiger partial charge is 0.343 e. The number of hydrogen-bond donors (Lipinski definition) is 2. The highest BCUT2D eigenvalue weighted by atomic mass is 32.1. The Balaban J connectivity index is 2.44. The van der Waals surface area contributed by atoms with Crippen molar-refractivity contribution in [1.29, 1.82) is 0 Å². The van der Waals surface area contributed by atoms with Crippen LogP contribution in [-0.4, -0.2) is 44.8 Å². The van der Waals surface area contributed by atoms with Crippen LogP contribution in [0.15, 0.2) is 0 Å². The molecule has 1 amide bonds. The summed E-state index contributed by atoms with van der Waals surface area (Å²) in [4.78, 5) is 25.6. The summed E-state index contributed by atoms with van der Waals surface area (Å²) in [6, 6.07) is 0. The average molecular weight is 313 g/mol. The van der Waals surface area contributed by atoms with Crippen LogP contribution in [0.1, 0.15) is 33.4 Å². The number of esters is 1. The summed E-state index contributed by atoms with van der Waals surface area (Å²) in [6.07, 6.45) is 0.956. The average Bonchev–Trinajstić information content (AvgIpc) is 2.84. The third kappa shape index (κ3) is 2.96. The van der Waals surface area contributed by atoms with Gasteiger partial charge in [0.2, 0.25) is 0 Å². The van der Waals surface area contributed by atoms with Crippen molar-refractivity contribution in [2.24, 2.45) is 5.73 Å². The summed E-state index contributed by atoms with van der Waals surface area (Å²) in [5.41, 5.74) is 11.5. The lowest BCUT2D eigenvalue weighted by Gasteiger charge is -2.33. The van der Waals surface area contributed by atoms with Gasteiger partial charge in [-0.1, -0.05) is 6.92 Å². The molecule has 1 atom stereocenters. The van der Waals surface area contributed by atoms with Crippen LogP contribution in [0.2, 0.25) is 0 Å². The molecular formula is C13H19N3O4S. The lowest BCUT2D eigenvalue weighted by molar-refractivity contribution is 0.0383. The van der Waals surface area contributed by atoms with Crippen LogP contribution in [0.25, 0.3) is 0 Å². The van der Waals surface area contributed by atoms with Crippen LogP contribution in [0.4, 0.5) is 10.7 Å². The number of thiophene rings is 1. The van der Waals surface area contributed by atoms with Gasteiger partial charge in [0.05, 0.1) is 25.5 Å². The monoisotopic (exact) mass is 313 g/mol. The van der Waals surface area contributed by atoms with E-state index >= 15 is 0 Å². The minimum Gasteiger partial charge on any atom is -0.465 e. The molecule has 4 N–H and O–H groups in total. The third-order valence-corrected chi connectivity index (χ3v) is 4.70. The number of morpholine rings is 1. The molecule has 0 bridgehead atoms. The van der Waals surface area contributed by atoms with E-state index in [1.807, 2.05) is 11.8 Å². The predicted molar refractivity (Wildman–Crippen MR) is 80.8 cm³/mol. The second-order valence-electron chi connectivity index (χ2n) is 4.73. The Morgan fingerprint density at radius 2 is 2.24 bits per heavy atom. The molecule has 21 heavy (non-hydrogen) atoms. The molecule has 0 aliphatic carbocycles. The number of methoxy groups -OCH3 is 1. The first kappa shape index (κ1) is 15.6. The van der Waals surface area contributed by atoms with E-state index in [1.54, 1.807) is 0 Å². The van der Waals surface area contributed by atoms with Crippen molar-refractivity contribution >= 4 is 33.9 Å². The van der Waals surface area contributed by atoms with E-state index in [2.05, 4.69) is 0 Å². The summed E-state index contributed by atoms with van der Waals surface area (Å²) in [5, 5.41) is 0.620. The second-order valence-corrected chi connectivity index (χ2v) is 5.73. The van der Waals surface area contributed by atoms with Gasteiger partial charge in [-0.3, -0.25) is 4.79 Å². The summed E-state index contributed by atoms with van der Waals surface area (Å²) in [7, 11) is 1.28. The summed E-state index contributed by atoms with van der Waals surface area (Å²) in [6.45, 7) is 3.85. The van der Waals surface area contributed by atoms with Crippen molar-refractivity contribution in [1.82, 2.24) is 0 Å². The van der Waals surface area contributed by atoms with E-state index in [-0.39, 0.29) is 22.2 Å². The number of amides is 1. The van der Waals surface area contributed by atoms with Crippen molar-refractivity contribution < 1.29 is 19.1 Å². The van der Waals surface area contributed by atoms with E-state index in [4.69, 9.17) is 20.9 Å². The Labute approximate surface area is 126 Å². The topological polar surface area (TPSA) is 108 Å². The number of carbonyl (C=O) groups excluding carboxylic acids is 2. The molecule has 1 unspecified atom stereocenters. The number of carbonyl (C=O) groups is 2. The number of primary amides is 1. The minimum atomic E-state index is -0.644. The number of hydrogen-bond acceptors (Lipinski definition) is 7. The molecule has 1 aromatic heterocycles. The fraction of sp³-hybridized carbons (Fsp3) is 0.538. The Bertz CT molecular complexity index is 558. The predicted octanol–water partition coefficient (Wildman–Crippen LogP) is 0.831. The van der Waals surface area contributed by atoms with Crippen LogP contribution < -0.4 is 16.4 Å². The number of rotatable bonds is 4. The van der Waals surface area contributed by atoms with Gasteiger partial charge >= 0.3 is 5.97 Å². The van der Waals surface area contributed by atoms with Gasteiger partial charge in [-0.2, -0.15) is 0 Å². The van der Waals surface area contributed by atoms with Gasteiger partial charge in [0.25, 0.3) is 5.91 Å². The fourth-order valence-corrected chi connectivity index (χ4v) is 3.38. The molecule has 1 aliphatic rings. The molecule has 0 spiro atoms. The highest BCUT2D eigenvalue weighted by Crippen LogP contribution is 2.39. The molecule has 7 nitrogen and oxygen atoms in total. The van der Waals surface area contributed by atoms with Gasteiger partial charge in [0.1, 0.15) is 15.4 Å². The van der Waals surface area contributed by atoms with Crippen molar-refractivity contribution in [2.45, 2.75) is 19.4 Å². The van der Waals surface area contributed by atoms with Gasteiger partial charge < -0.3 is 25.8 Å². The van der Waals surface area contributed by atoms with Crippen LogP contribution in [0.5, 0.6) is 0 Å². The van der Waals surface area contributed by atoms with E-state index in [9.17, 15) is 9.59 Å². The van der Waals surface area contributed by atoms with Crippen molar-refractivity contribution in [3.63, 3.8) is 0 Å². The Hall–Kier alpha value is -1.80. The summed E-state index contributed by atoms with van der Waals surface area (Å²) in [5.74, 6) is -1.21. The standard InChI is InChI=1S/C13H19N3O4S/c1-3-7-6-16(4-5-20-7)12-8(13(18)19-2)9(14)10(21-12)11(15)17/h7H,3-6,14H2,1-2H3,(H2,15,17). The molecule has 1 aliphatic heterocycles. The van der Waals surface area contributed by atoms with E-state index in [0.717, 1.165) is 17.8 Å². The molecule has 1 fully saturated rings. The normalized spacial score (nSPS) is 18.6. The van der Waals surface area contributed by atoms with Gasteiger partial charge in [-0.15, -0.1) is 11.3 Å². The second kappa shape index (κ2) is 6.31. The molecule has 116 valence electrons. The molecule has 0 radical (unpaired) electrons. The van der Waals surface area contributed by atoms with E-state index in [1.165, 1.54) is 7.11 Å². The first-order chi connectivity index (χ1) is 9.99. The first-order valence-electron chi connectivity index (χ1n) is 6.66. The van der Waals surface area contributed by atoms with Crippen molar-refractivity contribution in [3.05, 3.63) is 10.4 Å². The molecule has 0 saturated carbocycles. The van der Waals surface area contributed by atoms with Crippen LogP contribution in [0, 0.1) is 0 Å². The zero-order chi connectivity index (χ0) is 15.6. The summed E-state index contributed by atoms with van der Waals surface area (Å²) >= 11 is 1.13. The lowest BCUT2D eigenvalue weighted by Crippen LogP contribution is -2.42. The highest BCUT2D eigenvalue weighted by Gasteiger charge is 2.30. The third-order valence-electron chi connectivity index (χ3n) is 3.42. The molecule has 1 aromatic rings. The Morgan fingerprint density at radius 1 is 1.52 bits per heavy atom. The van der Waals surface area contributed by atoms with E-state index in [0.29, 0.717) is 24.7 Å². The molecule has 2 rings (SSSR count). The molecule has 1 saturated heterocycles. The van der Waals surface area contributed by atoms with Gasteiger partial charge in [0.15, 0.2) is 0 Å². The summed E-state index contributed by atoms with van der Waals surface area (Å²) < 4.78 is 10.4. The lowest BCUT2D eigenvalue weighted by atomic mass is 10.2. The first-order valence-corrected chi connectivity index (χ1v) is 7.48. The highest BCUT2D eigenvalue weighted by molar-refractivity contribution is 7.19. The minimum absolute atomic E-state index is 0.0876. The van der Waals surface area contributed by atoms with Crippen LogP contribution in [0.3, 0.4) is 0 Å². The van der Waals surface area contributed by atoms with Gasteiger partial charge in [-0.05, 0) is 6.42 Å². The maximum Gasteiger partial charge on any atom is 0.343 e. The number of ether oxygens (including phenoxy) is 2. The zero-order valence-electron chi connectivity index (χ0n) is 12.0. The molecular weight excluding hydrogens is 294 g/mol. The fourth-order valence-electron chi connectivity index (χ4n) is 2.29. The van der Waals surface area contributed by atoms with Gasteiger partial charge in [-0.25, -0.2) is 4.79 Å². The number of anilines is 2. The SMILES string of the molecule is CCC1CN(c2sc(C(N)=O)c(N)c2C(=O)OC)CCO1. The molecule has 2 heterocycles. The van der Waals surface area contributed by atoms with Crippen LogP contribution in [-0.2, 0) is 9.47 Å². The van der Waals surface area contributed by atoms with Crippen molar-refractivity contribution in [2.75, 3.05) is 37.4 Å². The van der Waals surface area contributed by atoms with E-state index < -0.39 is 11.9 Å². The Morgan fingerprint density at radius 3 is 2.81 bits per heavy atom. The molecule has 0 aromatic carbocycles. The number of nitrogens with zero attached hydrogens (tertiary/aromatic N) is 1.